The van der Waals surface area contributed by atoms with Gasteiger partial charge in [-0.1, -0.05) is 0 Å². The Morgan fingerprint density at radius 1 is 1.56 bits per heavy atom. The molecule has 5 heteroatoms. The summed E-state index contributed by atoms with van der Waals surface area (Å²) in [4.78, 5) is 11.9. The van der Waals surface area contributed by atoms with Gasteiger partial charge in [0.1, 0.15) is 17.9 Å². The van der Waals surface area contributed by atoms with Crippen LogP contribution in [0.3, 0.4) is 0 Å². The third-order valence-corrected chi connectivity index (χ3v) is 2.87. The van der Waals surface area contributed by atoms with Gasteiger partial charge in [0.15, 0.2) is 0 Å². The molecule has 5 nitrogen and oxygen atoms in total. The monoisotopic (exact) mass is 251 g/mol. The number of hydrogen-bond donors (Lipinski definition) is 1. The standard InChI is InChI=1S/C13H17NO4/c1-16-12-5-4-9(14)7-11(12)13(15)18-8-10-3-2-6-17-10/h4-5,7,10H,2-3,6,8,14H2,1H3. The van der Waals surface area contributed by atoms with Crippen LogP contribution in [-0.2, 0) is 9.47 Å². The maximum Gasteiger partial charge on any atom is 0.342 e. The highest BCUT2D eigenvalue weighted by molar-refractivity contribution is 5.93. The van der Waals surface area contributed by atoms with Gasteiger partial charge >= 0.3 is 5.97 Å². The van der Waals surface area contributed by atoms with Crippen LogP contribution in [0.4, 0.5) is 5.69 Å². The summed E-state index contributed by atoms with van der Waals surface area (Å²) < 4.78 is 15.7. The van der Waals surface area contributed by atoms with Crippen LogP contribution in [0.1, 0.15) is 23.2 Å². The lowest BCUT2D eigenvalue weighted by Crippen LogP contribution is -2.18. The molecule has 0 aromatic heterocycles. The average molecular weight is 251 g/mol. The van der Waals surface area contributed by atoms with E-state index in [1.165, 1.54) is 7.11 Å². The van der Waals surface area contributed by atoms with Crippen molar-refractivity contribution in [1.29, 1.82) is 0 Å². The largest absolute Gasteiger partial charge is 0.496 e. The van der Waals surface area contributed by atoms with Crippen molar-refractivity contribution in [2.24, 2.45) is 0 Å². The molecule has 0 amide bonds. The van der Waals surface area contributed by atoms with E-state index in [2.05, 4.69) is 0 Å². The first-order valence-electron chi connectivity index (χ1n) is 5.93. The molecule has 1 atom stereocenters. The molecule has 0 saturated carbocycles. The molecule has 1 saturated heterocycles. The van der Waals surface area contributed by atoms with Crippen LogP contribution >= 0.6 is 0 Å². The molecule has 1 aliphatic heterocycles. The van der Waals surface area contributed by atoms with Crippen LogP contribution in [0.2, 0.25) is 0 Å². The molecule has 0 radical (unpaired) electrons. The van der Waals surface area contributed by atoms with E-state index >= 15 is 0 Å². The third-order valence-electron chi connectivity index (χ3n) is 2.87. The minimum atomic E-state index is -0.436. The van der Waals surface area contributed by atoms with Gasteiger partial charge in [0.05, 0.1) is 13.2 Å². The van der Waals surface area contributed by atoms with Crippen LogP contribution in [0, 0.1) is 0 Å². The molecule has 1 unspecified atom stereocenters. The van der Waals surface area contributed by atoms with E-state index in [9.17, 15) is 4.79 Å². The Bertz CT molecular complexity index is 427. The minimum absolute atomic E-state index is 0.0148. The van der Waals surface area contributed by atoms with Crippen molar-refractivity contribution >= 4 is 11.7 Å². The summed E-state index contributed by atoms with van der Waals surface area (Å²) in [6.45, 7) is 1.01. The number of nitrogens with two attached hydrogens (primary N) is 1. The van der Waals surface area contributed by atoms with Crippen molar-refractivity contribution in [2.45, 2.75) is 18.9 Å². The average Bonchev–Trinajstić information content (AvgIpc) is 2.89. The van der Waals surface area contributed by atoms with Gasteiger partial charge in [-0.15, -0.1) is 0 Å². The Morgan fingerprint density at radius 3 is 3.06 bits per heavy atom. The lowest BCUT2D eigenvalue weighted by Gasteiger charge is -2.12. The molecule has 98 valence electrons. The summed E-state index contributed by atoms with van der Waals surface area (Å²) in [5, 5.41) is 0. The van der Waals surface area contributed by atoms with Gasteiger partial charge < -0.3 is 19.9 Å². The van der Waals surface area contributed by atoms with E-state index in [1.54, 1.807) is 18.2 Å². The zero-order chi connectivity index (χ0) is 13.0. The minimum Gasteiger partial charge on any atom is -0.496 e. The molecule has 0 aliphatic carbocycles. The summed E-state index contributed by atoms with van der Waals surface area (Å²) in [5.41, 5.74) is 6.49. The van der Waals surface area contributed by atoms with Gasteiger partial charge in [-0.25, -0.2) is 4.79 Å². The molecule has 0 spiro atoms. The van der Waals surface area contributed by atoms with Crippen molar-refractivity contribution in [3.8, 4) is 5.75 Å². The van der Waals surface area contributed by atoms with Crippen LogP contribution in [0.5, 0.6) is 5.75 Å². The molecule has 1 heterocycles. The zero-order valence-corrected chi connectivity index (χ0v) is 10.3. The number of rotatable bonds is 4. The van der Waals surface area contributed by atoms with Gasteiger partial charge in [-0.05, 0) is 31.0 Å². The molecule has 1 aromatic rings. The smallest absolute Gasteiger partial charge is 0.342 e. The van der Waals surface area contributed by atoms with E-state index in [-0.39, 0.29) is 12.7 Å². The Balaban J connectivity index is 2.00. The molecular weight excluding hydrogens is 234 g/mol. The molecule has 2 N–H and O–H groups in total. The molecule has 0 bridgehead atoms. The highest BCUT2D eigenvalue weighted by Crippen LogP contribution is 2.22. The predicted octanol–water partition coefficient (Wildman–Crippen LogP) is 1.61. The number of nitrogen functional groups attached to an aromatic ring is 1. The molecule has 1 aliphatic rings. The van der Waals surface area contributed by atoms with E-state index < -0.39 is 5.97 Å². The first-order chi connectivity index (χ1) is 8.70. The van der Waals surface area contributed by atoms with Crippen LogP contribution in [0.15, 0.2) is 18.2 Å². The van der Waals surface area contributed by atoms with Crippen LogP contribution in [-0.4, -0.2) is 32.4 Å². The normalized spacial score (nSPS) is 18.6. The number of hydrogen-bond acceptors (Lipinski definition) is 5. The number of esters is 1. The second-order valence-corrected chi connectivity index (χ2v) is 4.19. The van der Waals surface area contributed by atoms with Crippen molar-refractivity contribution in [1.82, 2.24) is 0 Å². The van der Waals surface area contributed by atoms with E-state index in [0.717, 1.165) is 19.4 Å². The van der Waals surface area contributed by atoms with Crippen molar-refractivity contribution in [2.75, 3.05) is 26.1 Å². The van der Waals surface area contributed by atoms with Gasteiger partial charge in [0.25, 0.3) is 0 Å². The quantitative estimate of drug-likeness (QED) is 0.650. The third kappa shape index (κ3) is 2.92. The van der Waals surface area contributed by atoms with Crippen molar-refractivity contribution in [3.05, 3.63) is 23.8 Å². The van der Waals surface area contributed by atoms with E-state index in [4.69, 9.17) is 19.9 Å². The Morgan fingerprint density at radius 2 is 2.39 bits per heavy atom. The molecule has 1 aromatic carbocycles. The summed E-state index contributed by atoms with van der Waals surface area (Å²) in [5.74, 6) is 0.0243. The number of carbonyl (C=O) groups is 1. The Labute approximate surface area is 106 Å². The lowest BCUT2D eigenvalue weighted by molar-refractivity contribution is 0.0159. The number of benzene rings is 1. The topological polar surface area (TPSA) is 70.8 Å². The SMILES string of the molecule is COc1ccc(N)cc1C(=O)OCC1CCCO1. The maximum atomic E-state index is 11.9. The zero-order valence-electron chi connectivity index (χ0n) is 10.3. The van der Waals surface area contributed by atoms with E-state index in [1.807, 2.05) is 0 Å². The molecule has 2 rings (SSSR count). The first kappa shape index (κ1) is 12.7. The Hall–Kier alpha value is -1.75. The summed E-state index contributed by atoms with van der Waals surface area (Å²) in [7, 11) is 1.50. The van der Waals surface area contributed by atoms with Crippen molar-refractivity contribution < 1.29 is 19.0 Å². The van der Waals surface area contributed by atoms with Crippen LogP contribution < -0.4 is 10.5 Å². The fourth-order valence-corrected chi connectivity index (χ4v) is 1.91. The molecule has 18 heavy (non-hydrogen) atoms. The second-order valence-electron chi connectivity index (χ2n) is 4.19. The van der Waals surface area contributed by atoms with Gasteiger partial charge in [-0.2, -0.15) is 0 Å². The second kappa shape index (κ2) is 5.73. The molecule has 1 fully saturated rings. The lowest BCUT2D eigenvalue weighted by atomic mass is 10.2. The number of methoxy groups -OCH3 is 1. The van der Waals surface area contributed by atoms with Crippen molar-refractivity contribution in [3.63, 3.8) is 0 Å². The van der Waals surface area contributed by atoms with Gasteiger partial charge in [-0.3, -0.25) is 0 Å². The van der Waals surface area contributed by atoms with E-state index in [0.29, 0.717) is 17.0 Å². The highest BCUT2D eigenvalue weighted by Gasteiger charge is 2.20. The maximum absolute atomic E-state index is 11.9. The summed E-state index contributed by atoms with van der Waals surface area (Å²) >= 11 is 0. The Kier molecular flexibility index (Phi) is 4.04. The summed E-state index contributed by atoms with van der Waals surface area (Å²) in [6, 6.07) is 4.88. The number of anilines is 1. The number of ether oxygens (including phenoxy) is 3. The number of carbonyl (C=O) groups excluding carboxylic acids is 1. The van der Waals surface area contributed by atoms with Gasteiger partial charge in [0, 0.05) is 12.3 Å². The van der Waals surface area contributed by atoms with Gasteiger partial charge in [0.2, 0.25) is 0 Å². The highest BCUT2D eigenvalue weighted by atomic mass is 16.6. The fourth-order valence-electron chi connectivity index (χ4n) is 1.91. The van der Waals surface area contributed by atoms with Crippen LogP contribution in [0.25, 0.3) is 0 Å². The first-order valence-corrected chi connectivity index (χ1v) is 5.93. The summed E-state index contributed by atoms with van der Waals surface area (Å²) in [6.07, 6.45) is 1.96. The predicted molar refractivity (Wildman–Crippen MR) is 66.7 cm³/mol. The molecular formula is C13H17NO4. The fraction of sp³-hybridized carbons (Fsp3) is 0.462.